The molecule has 2 aromatic carbocycles. The average Bonchev–Trinajstić information content (AvgIpc) is 2.80. The van der Waals surface area contributed by atoms with Crippen molar-refractivity contribution in [3.63, 3.8) is 0 Å². The predicted molar refractivity (Wildman–Crippen MR) is 119 cm³/mol. The monoisotopic (exact) mass is 401 g/mol. The van der Waals surface area contributed by atoms with E-state index in [4.69, 9.17) is 5.73 Å². The molecule has 0 radical (unpaired) electrons. The lowest BCUT2D eigenvalue weighted by Crippen LogP contribution is -2.40. The fourth-order valence-corrected chi connectivity index (χ4v) is 3.95. The summed E-state index contributed by atoms with van der Waals surface area (Å²) in [5.74, 6) is 0.731. The van der Waals surface area contributed by atoms with Crippen LogP contribution in [0.1, 0.15) is 28.8 Å². The lowest BCUT2D eigenvalue weighted by atomic mass is 9.97. The van der Waals surface area contributed by atoms with Crippen molar-refractivity contribution in [2.45, 2.75) is 19.4 Å². The Hall–Kier alpha value is -3.25. The first-order valence-electron chi connectivity index (χ1n) is 10.4. The van der Waals surface area contributed by atoms with Gasteiger partial charge >= 0.3 is 0 Å². The van der Waals surface area contributed by atoms with E-state index in [2.05, 4.69) is 32.3 Å². The molecule has 0 spiro atoms. The highest BCUT2D eigenvalue weighted by Crippen LogP contribution is 2.20. The normalized spacial score (nSPS) is 16.9. The van der Waals surface area contributed by atoms with Crippen LogP contribution in [-0.2, 0) is 6.54 Å². The van der Waals surface area contributed by atoms with E-state index in [-0.39, 0.29) is 5.91 Å². The molecule has 1 atom stereocenters. The molecule has 1 fully saturated rings. The Labute approximate surface area is 177 Å². The zero-order valence-corrected chi connectivity index (χ0v) is 17.0. The minimum atomic E-state index is -0.0151. The summed E-state index contributed by atoms with van der Waals surface area (Å²) in [7, 11) is 0. The third-order valence-electron chi connectivity index (χ3n) is 5.54. The number of amides is 1. The molecule has 4 rings (SSSR count). The topological polar surface area (TPSA) is 84.1 Å². The van der Waals surface area contributed by atoms with E-state index in [9.17, 15) is 4.79 Å². The maximum atomic E-state index is 12.6. The number of hydrogen-bond donors (Lipinski definition) is 2. The fraction of sp³-hybridized carbons (Fsp3) is 0.292. The minimum absolute atomic E-state index is 0.0151. The second-order valence-electron chi connectivity index (χ2n) is 7.85. The van der Waals surface area contributed by atoms with Gasteiger partial charge in [0.2, 0.25) is 5.95 Å². The molecule has 1 aliphatic rings. The van der Waals surface area contributed by atoms with E-state index < -0.39 is 0 Å². The van der Waals surface area contributed by atoms with Gasteiger partial charge in [-0.2, -0.15) is 0 Å². The molecule has 6 heteroatoms. The van der Waals surface area contributed by atoms with Gasteiger partial charge in [-0.05, 0) is 48.6 Å². The van der Waals surface area contributed by atoms with Gasteiger partial charge in [0, 0.05) is 43.2 Å². The molecular weight excluding hydrogens is 374 g/mol. The first kappa shape index (κ1) is 20.0. The molecule has 3 N–H and O–H groups in total. The van der Waals surface area contributed by atoms with Crippen LogP contribution >= 0.6 is 0 Å². The van der Waals surface area contributed by atoms with Gasteiger partial charge in [0.15, 0.2) is 0 Å². The third kappa shape index (κ3) is 5.21. The van der Waals surface area contributed by atoms with Gasteiger partial charge in [-0.25, -0.2) is 9.97 Å². The maximum absolute atomic E-state index is 12.6. The molecule has 1 aromatic heterocycles. The Morgan fingerprint density at radius 2 is 1.73 bits per heavy atom. The first-order chi connectivity index (χ1) is 14.7. The molecule has 0 saturated carbocycles. The van der Waals surface area contributed by atoms with Crippen LogP contribution in [-0.4, -0.2) is 40.4 Å². The molecule has 6 nitrogen and oxygen atoms in total. The SMILES string of the molecule is Nc1ncc(CN2CCCC(CNC(=O)c3ccc(-c4ccccc4)cc3)C2)cn1. The number of nitrogens with one attached hydrogen (secondary N) is 1. The largest absolute Gasteiger partial charge is 0.368 e. The number of carbonyl (C=O) groups excluding carboxylic acids is 1. The van der Waals surface area contributed by atoms with Gasteiger partial charge in [-0.15, -0.1) is 0 Å². The summed E-state index contributed by atoms with van der Waals surface area (Å²) in [6, 6.07) is 18.0. The fourth-order valence-electron chi connectivity index (χ4n) is 3.95. The molecule has 1 unspecified atom stereocenters. The number of rotatable bonds is 6. The van der Waals surface area contributed by atoms with E-state index in [1.54, 1.807) is 12.4 Å². The smallest absolute Gasteiger partial charge is 0.251 e. The highest BCUT2D eigenvalue weighted by molar-refractivity contribution is 5.94. The lowest BCUT2D eigenvalue weighted by molar-refractivity contribution is 0.0930. The van der Waals surface area contributed by atoms with Crippen LogP contribution in [0.15, 0.2) is 67.0 Å². The van der Waals surface area contributed by atoms with Crippen molar-refractivity contribution in [3.8, 4) is 11.1 Å². The van der Waals surface area contributed by atoms with Crippen molar-refractivity contribution in [2.75, 3.05) is 25.4 Å². The highest BCUT2D eigenvalue weighted by atomic mass is 16.1. The van der Waals surface area contributed by atoms with Crippen molar-refractivity contribution >= 4 is 11.9 Å². The summed E-state index contributed by atoms with van der Waals surface area (Å²) >= 11 is 0. The van der Waals surface area contributed by atoms with Crippen LogP contribution in [0.25, 0.3) is 11.1 Å². The van der Waals surface area contributed by atoms with Gasteiger partial charge in [-0.3, -0.25) is 9.69 Å². The summed E-state index contributed by atoms with van der Waals surface area (Å²) in [5, 5.41) is 3.11. The standard InChI is InChI=1S/C24H27N5O/c25-24-27-14-19(15-28-24)17-29-12-4-5-18(16-29)13-26-23(30)22-10-8-21(9-11-22)20-6-2-1-3-7-20/h1-3,6-11,14-15,18H,4-5,12-13,16-17H2,(H,26,30)(H2,25,27,28). The van der Waals surface area contributed by atoms with Crippen molar-refractivity contribution in [1.82, 2.24) is 20.2 Å². The predicted octanol–water partition coefficient (Wildman–Crippen LogP) is 3.37. The summed E-state index contributed by atoms with van der Waals surface area (Å²) in [6.45, 7) is 3.51. The molecule has 1 aliphatic heterocycles. The summed E-state index contributed by atoms with van der Waals surface area (Å²) < 4.78 is 0. The molecule has 0 bridgehead atoms. The Kier molecular flexibility index (Phi) is 6.35. The number of aromatic nitrogens is 2. The second-order valence-corrected chi connectivity index (χ2v) is 7.85. The molecule has 1 amide bonds. The van der Waals surface area contributed by atoms with E-state index in [0.29, 0.717) is 24.0 Å². The molecule has 2 heterocycles. The average molecular weight is 402 g/mol. The zero-order chi connectivity index (χ0) is 20.8. The van der Waals surface area contributed by atoms with Crippen molar-refractivity contribution in [2.24, 2.45) is 5.92 Å². The third-order valence-corrected chi connectivity index (χ3v) is 5.54. The lowest BCUT2D eigenvalue weighted by Gasteiger charge is -2.32. The molecule has 3 aromatic rings. The molecule has 154 valence electrons. The Morgan fingerprint density at radius 1 is 1.03 bits per heavy atom. The number of hydrogen-bond acceptors (Lipinski definition) is 5. The van der Waals surface area contributed by atoms with E-state index >= 15 is 0 Å². The van der Waals surface area contributed by atoms with Gasteiger partial charge in [0.05, 0.1) is 0 Å². The van der Waals surface area contributed by atoms with Crippen LogP contribution in [0, 0.1) is 5.92 Å². The van der Waals surface area contributed by atoms with Crippen molar-refractivity contribution in [3.05, 3.63) is 78.1 Å². The summed E-state index contributed by atoms with van der Waals surface area (Å²) in [4.78, 5) is 23.1. The molecular formula is C24H27N5O. The Balaban J connectivity index is 1.28. The van der Waals surface area contributed by atoms with Crippen molar-refractivity contribution in [1.29, 1.82) is 0 Å². The highest BCUT2D eigenvalue weighted by Gasteiger charge is 2.21. The number of piperidine rings is 1. The zero-order valence-electron chi connectivity index (χ0n) is 17.0. The number of nitrogen functional groups attached to an aromatic ring is 1. The van der Waals surface area contributed by atoms with Crippen LogP contribution in [0.3, 0.4) is 0 Å². The van der Waals surface area contributed by atoms with Crippen molar-refractivity contribution < 1.29 is 4.79 Å². The summed E-state index contributed by atoms with van der Waals surface area (Å²) in [5.41, 5.74) is 9.58. The quantitative estimate of drug-likeness (QED) is 0.662. The van der Waals surface area contributed by atoms with Gasteiger partial charge < -0.3 is 11.1 Å². The van der Waals surface area contributed by atoms with Gasteiger partial charge in [0.25, 0.3) is 5.91 Å². The first-order valence-corrected chi connectivity index (χ1v) is 10.4. The minimum Gasteiger partial charge on any atom is -0.368 e. The van der Waals surface area contributed by atoms with E-state index in [0.717, 1.165) is 49.2 Å². The van der Waals surface area contributed by atoms with Crippen LogP contribution in [0.4, 0.5) is 5.95 Å². The number of benzene rings is 2. The Morgan fingerprint density at radius 3 is 2.47 bits per heavy atom. The number of anilines is 1. The van der Waals surface area contributed by atoms with Crippen LogP contribution < -0.4 is 11.1 Å². The number of nitrogens with two attached hydrogens (primary N) is 1. The summed E-state index contributed by atoms with van der Waals surface area (Å²) in [6.07, 6.45) is 5.82. The van der Waals surface area contributed by atoms with Gasteiger partial charge in [0.1, 0.15) is 0 Å². The van der Waals surface area contributed by atoms with Crippen LogP contribution in [0.2, 0.25) is 0 Å². The molecule has 0 aliphatic carbocycles. The number of nitrogens with zero attached hydrogens (tertiary/aromatic N) is 3. The second kappa shape index (κ2) is 9.50. The maximum Gasteiger partial charge on any atom is 0.251 e. The number of carbonyl (C=O) groups is 1. The van der Waals surface area contributed by atoms with Gasteiger partial charge in [-0.1, -0.05) is 42.5 Å². The molecule has 30 heavy (non-hydrogen) atoms. The number of likely N-dealkylation sites (tertiary alicyclic amines) is 1. The van der Waals surface area contributed by atoms with Crippen LogP contribution in [0.5, 0.6) is 0 Å². The Bertz CT molecular complexity index is 957. The molecule has 1 saturated heterocycles. The van der Waals surface area contributed by atoms with E-state index in [1.807, 2.05) is 42.5 Å². The van der Waals surface area contributed by atoms with E-state index in [1.165, 1.54) is 0 Å².